The number of carbonyl (C=O) groups is 1. The average Bonchev–Trinajstić information content (AvgIpc) is 2.66. The molecule has 0 unspecified atom stereocenters. The summed E-state index contributed by atoms with van der Waals surface area (Å²) in [5, 5.41) is 2.50. The van der Waals surface area contributed by atoms with Crippen LogP contribution in [0, 0.1) is 6.92 Å². The summed E-state index contributed by atoms with van der Waals surface area (Å²) < 4.78 is 5.60. The normalized spacial score (nSPS) is 11.9. The minimum Gasteiger partial charge on any atom is -0.455 e. The van der Waals surface area contributed by atoms with Crippen molar-refractivity contribution >= 4 is 16.7 Å². The average molecular weight is 330 g/mol. The van der Waals surface area contributed by atoms with Gasteiger partial charge in [0, 0.05) is 0 Å². The first-order chi connectivity index (χ1) is 12.2. The number of benzene rings is 3. The van der Waals surface area contributed by atoms with Crippen LogP contribution in [-0.2, 0) is 11.2 Å². The van der Waals surface area contributed by atoms with Crippen LogP contribution in [0.2, 0.25) is 0 Å². The Morgan fingerprint density at radius 2 is 1.76 bits per heavy atom. The molecule has 3 rings (SSSR count). The highest BCUT2D eigenvalue weighted by atomic mass is 16.5. The fourth-order valence-electron chi connectivity index (χ4n) is 3.07. The van der Waals surface area contributed by atoms with E-state index in [1.807, 2.05) is 18.2 Å². The molecular formula is C23H22O2. The highest BCUT2D eigenvalue weighted by Crippen LogP contribution is 2.24. The van der Waals surface area contributed by atoms with Gasteiger partial charge in [0.2, 0.25) is 0 Å². The van der Waals surface area contributed by atoms with E-state index in [1.54, 1.807) is 18.2 Å². The van der Waals surface area contributed by atoms with Gasteiger partial charge in [-0.05, 0) is 53.8 Å². The molecule has 0 spiro atoms. The number of fused-ring (bicyclic) bond motifs is 1. The van der Waals surface area contributed by atoms with Crippen LogP contribution in [0.25, 0.3) is 10.8 Å². The number of hydrogen-bond acceptors (Lipinski definition) is 2. The highest BCUT2D eigenvalue weighted by molar-refractivity contribution is 5.89. The summed E-state index contributed by atoms with van der Waals surface area (Å²) in [6, 6.07) is 21.7. The maximum absolute atomic E-state index is 12.2. The summed E-state index contributed by atoms with van der Waals surface area (Å²) in [6.45, 7) is 5.95. The van der Waals surface area contributed by atoms with Crippen molar-refractivity contribution in [1.29, 1.82) is 0 Å². The SMILES string of the molecule is C=C[C@@H](CCc1c(C)ccc2ccccc12)OC(=O)c1ccccc1. The minimum atomic E-state index is -0.305. The van der Waals surface area contributed by atoms with Crippen molar-refractivity contribution in [1.82, 2.24) is 0 Å². The van der Waals surface area contributed by atoms with Crippen LogP contribution >= 0.6 is 0 Å². The second-order valence-electron chi connectivity index (χ2n) is 6.17. The second-order valence-corrected chi connectivity index (χ2v) is 6.17. The quantitative estimate of drug-likeness (QED) is 0.441. The molecule has 0 N–H and O–H groups in total. The lowest BCUT2D eigenvalue weighted by molar-refractivity contribution is 0.0381. The third-order valence-corrected chi connectivity index (χ3v) is 4.48. The van der Waals surface area contributed by atoms with Crippen LogP contribution in [0.1, 0.15) is 27.9 Å². The molecule has 0 amide bonds. The van der Waals surface area contributed by atoms with Gasteiger partial charge >= 0.3 is 5.97 Å². The molecule has 0 heterocycles. The fourth-order valence-corrected chi connectivity index (χ4v) is 3.07. The first kappa shape index (κ1) is 17.0. The molecule has 0 fully saturated rings. The van der Waals surface area contributed by atoms with E-state index in [0.717, 1.165) is 12.8 Å². The van der Waals surface area contributed by atoms with Crippen LogP contribution in [0.5, 0.6) is 0 Å². The lowest BCUT2D eigenvalue weighted by Crippen LogP contribution is -2.17. The van der Waals surface area contributed by atoms with Crippen molar-refractivity contribution in [2.75, 3.05) is 0 Å². The Hall–Kier alpha value is -2.87. The molecule has 2 heteroatoms. The van der Waals surface area contributed by atoms with Crippen molar-refractivity contribution in [3.63, 3.8) is 0 Å². The zero-order valence-electron chi connectivity index (χ0n) is 14.4. The Labute approximate surface area is 148 Å². The van der Waals surface area contributed by atoms with E-state index in [9.17, 15) is 4.79 Å². The molecule has 0 aliphatic rings. The van der Waals surface area contributed by atoms with E-state index in [0.29, 0.717) is 5.56 Å². The molecule has 0 bridgehead atoms. The number of aryl methyl sites for hydroxylation is 2. The topological polar surface area (TPSA) is 26.3 Å². The van der Waals surface area contributed by atoms with Gasteiger partial charge in [0.1, 0.15) is 6.10 Å². The fraction of sp³-hybridized carbons (Fsp3) is 0.174. The highest BCUT2D eigenvalue weighted by Gasteiger charge is 2.14. The van der Waals surface area contributed by atoms with E-state index in [1.165, 1.54) is 21.9 Å². The molecule has 25 heavy (non-hydrogen) atoms. The van der Waals surface area contributed by atoms with Crippen molar-refractivity contribution in [3.05, 3.63) is 96.1 Å². The zero-order valence-corrected chi connectivity index (χ0v) is 14.4. The maximum atomic E-state index is 12.2. The van der Waals surface area contributed by atoms with Crippen molar-refractivity contribution in [3.8, 4) is 0 Å². The smallest absolute Gasteiger partial charge is 0.338 e. The summed E-state index contributed by atoms with van der Waals surface area (Å²) in [7, 11) is 0. The molecule has 0 aliphatic carbocycles. The summed E-state index contributed by atoms with van der Waals surface area (Å²) in [6.07, 6.45) is 2.97. The Morgan fingerprint density at radius 3 is 2.52 bits per heavy atom. The summed E-state index contributed by atoms with van der Waals surface area (Å²) >= 11 is 0. The molecule has 0 saturated heterocycles. The number of ether oxygens (including phenoxy) is 1. The van der Waals surface area contributed by atoms with Gasteiger partial charge in [0.25, 0.3) is 0 Å². The van der Waals surface area contributed by atoms with Crippen LogP contribution in [0.3, 0.4) is 0 Å². The maximum Gasteiger partial charge on any atom is 0.338 e. The summed E-state index contributed by atoms with van der Waals surface area (Å²) in [5.74, 6) is -0.305. The molecule has 126 valence electrons. The van der Waals surface area contributed by atoms with Gasteiger partial charge in [0.05, 0.1) is 5.56 Å². The van der Waals surface area contributed by atoms with E-state index in [2.05, 4.69) is 49.9 Å². The van der Waals surface area contributed by atoms with Crippen LogP contribution in [0.15, 0.2) is 79.4 Å². The second kappa shape index (κ2) is 7.80. The van der Waals surface area contributed by atoms with Gasteiger partial charge in [-0.25, -0.2) is 4.79 Å². The molecule has 1 atom stereocenters. The van der Waals surface area contributed by atoms with Crippen molar-refractivity contribution in [2.24, 2.45) is 0 Å². The van der Waals surface area contributed by atoms with E-state index < -0.39 is 0 Å². The first-order valence-electron chi connectivity index (χ1n) is 8.55. The zero-order chi connectivity index (χ0) is 17.6. The Kier molecular flexibility index (Phi) is 5.30. The van der Waals surface area contributed by atoms with E-state index in [-0.39, 0.29) is 12.1 Å². The van der Waals surface area contributed by atoms with Gasteiger partial charge in [-0.15, -0.1) is 0 Å². The molecule has 2 nitrogen and oxygen atoms in total. The van der Waals surface area contributed by atoms with Crippen LogP contribution in [-0.4, -0.2) is 12.1 Å². The van der Waals surface area contributed by atoms with E-state index >= 15 is 0 Å². The third-order valence-electron chi connectivity index (χ3n) is 4.48. The standard InChI is InChI=1S/C23H22O2/c1-3-20(25-23(24)19-10-5-4-6-11-19)15-16-21-17(2)13-14-18-9-7-8-12-22(18)21/h3-14,20H,1,15-16H2,2H3/t20-/m0/s1. The monoisotopic (exact) mass is 330 g/mol. The molecule has 3 aromatic carbocycles. The largest absolute Gasteiger partial charge is 0.455 e. The van der Waals surface area contributed by atoms with Gasteiger partial charge < -0.3 is 4.74 Å². The number of hydrogen-bond donors (Lipinski definition) is 0. The number of carbonyl (C=O) groups excluding carboxylic acids is 1. The third kappa shape index (κ3) is 3.97. The van der Waals surface area contributed by atoms with Crippen molar-refractivity contribution in [2.45, 2.75) is 25.9 Å². The van der Waals surface area contributed by atoms with Crippen LogP contribution in [0.4, 0.5) is 0 Å². The molecule has 0 aromatic heterocycles. The summed E-state index contributed by atoms with van der Waals surface area (Å²) in [5.41, 5.74) is 3.13. The lowest BCUT2D eigenvalue weighted by Gasteiger charge is -2.16. The number of esters is 1. The molecule has 0 saturated carbocycles. The van der Waals surface area contributed by atoms with Crippen LogP contribution < -0.4 is 0 Å². The minimum absolute atomic E-state index is 0.300. The predicted molar refractivity (Wildman–Crippen MR) is 103 cm³/mol. The van der Waals surface area contributed by atoms with Gasteiger partial charge in [-0.2, -0.15) is 0 Å². The molecule has 0 aliphatic heterocycles. The number of rotatable bonds is 6. The van der Waals surface area contributed by atoms with E-state index in [4.69, 9.17) is 4.74 Å². The Morgan fingerprint density at radius 1 is 1.04 bits per heavy atom. The predicted octanol–water partition coefficient (Wildman–Crippen LogP) is 5.49. The summed E-state index contributed by atoms with van der Waals surface area (Å²) in [4.78, 5) is 12.2. The Balaban J connectivity index is 1.72. The van der Waals surface area contributed by atoms with Gasteiger partial charge in [-0.3, -0.25) is 0 Å². The molecule has 3 aromatic rings. The molecular weight excluding hydrogens is 308 g/mol. The molecule has 0 radical (unpaired) electrons. The first-order valence-corrected chi connectivity index (χ1v) is 8.55. The van der Waals surface area contributed by atoms with Gasteiger partial charge in [-0.1, -0.05) is 67.3 Å². The van der Waals surface area contributed by atoms with Crippen molar-refractivity contribution < 1.29 is 9.53 Å². The lowest BCUT2D eigenvalue weighted by atomic mass is 9.95. The van der Waals surface area contributed by atoms with Gasteiger partial charge in [0.15, 0.2) is 0 Å². The Bertz CT molecular complexity index is 881.